The van der Waals surface area contributed by atoms with E-state index in [1.807, 2.05) is 12.3 Å². The van der Waals surface area contributed by atoms with Crippen molar-refractivity contribution >= 4 is 16.9 Å². The summed E-state index contributed by atoms with van der Waals surface area (Å²) < 4.78 is 15.5. The van der Waals surface area contributed by atoms with Crippen molar-refractivity contribution in [2.75, 3.05) is 38.1 Å². The maximum atomic E-state index is 13.8. The summed E-state index contributed by atoms with van der Waals surface area (Å²) in [5.74, 6) is 0.657. The normalized spacial score (nSPS) is 16.0. The Bertz CT molecular complexity index is 882. The number of aryl methyl sites for hydroxylation is 1. The first kappa shape index (κ1) is 15.0. The van der Waals surface area contributed by atoms with Gasteiger partial charge in [-0.3, -0.25) is 0 Å². The zero-order valence-electron chi connectivity index (χ0n) is 13.8. The second-order valence-corrected chi connectivity index (χ2v) is 6.23. The van der Waals surface area contributed by atoms with Crippen LogP contribution in [0.25, 0.3) is 16.7 Å². The number of likely N-dealkylation sites (N-methyl/N-ethyl adjacent to an activating group) is 1. The molecule has 7 heteroatoms. The van der Waals surface area contributed by atoms with E-state index in [4.69, 9.17) is 0 Å². The number of fused-ring (bicyclic) bond motifs is 1. The van der Waals surface area contributed by atoms with E-state index >= 15 is 0 Å². The largest absolute Gasteiger partial charge is 0.353 e. The Balaban J connectivity index is 1.75. The molecule has 3 aromatic rings. The van der Waals surface area contributed by atoms with Crippen molar-refractivity contribution in [3.63, 3.8) is 0 Å². The molecule has 0 atom stereocenters. The van der Waals surface area contributed by atoms with Crippen LogP contribution in [0.4, 0.5) is 10.2 Å². The zero-order valence-corrected chi connectivity index (χ0v) is 13.8. The standard InChI is InChI=1S/C17H19FN6/c1-12-3-4-13(9-15(12)18)24-10-14-16(21-24)19-11-20-17(14)23-7-5-22(2)6-8-23/h3-4,9-11H,5-8H2,1-2H3. The first-order chi connectivity index (χ1) is 11.6. The smallest absolute Gasteiger partial charge is 0.186 e. The Morgan fingerprint density at radius 1 is 1.08 bits per heavy atom. The van der Waals surface area contributed by atoms with Gasteiger partial charge in [0.2, 0.25) is 0 Å². The summed E-state index contributed by atoms with van der Waals surface area (Å²) in [4.78, 5) is 13.3. The second kappa shape index (κ2) is 5.83. The highest BCUT2D eigenvalue weighted by Gasteiger charge is 2.19. The van der Waals surface area contributed by atoms with E-state index in [1.54, 1.807) is 24.0 Å². The molecule has 0 spiro atoms. The number of halogens is 1. The molecule has 6 nitrogen and oxygen atoms in total. The number of aromatic nitrogens is 4. The Morgan fingerprint density at radius 3 is 2.62 bits per heavy atom. The quantitative estimate of drug-likeness (QED) is 0.721. The maximum Gasteiger partial charge on any atom is 0.186 e. The number of benzene rings is 1. The summed E-state index contributed by atoms with van der Waals surface area (Å²) in [5.41, 5.74) is 1.92. The zero-order chi connectivity index (χ0) is 16.7. The molecule has 24 heavy (non-hydrogen) atoms. The molecule has 1 saturated heterocycles. The molecule has 1 aromatic carbocycles. The third-order valence-electron chi connectivity index (χ3n) is 4.52. The Labute approximate surface area is 139 Å². The van der Waals surface area contributed by atoms with Gasteiger partial charge < -0.3 is 9.80 Å². The van der Waals surface area contributed by atoms with Crippen LogP contribution >= 0.6 is 0 Å². The van der Waals surface area contributed by atoms with Gasteiger partial charge in [0.15, 0.2) is 5.65 Å². The van der Waals surface area contributed by atoms with E-state index in [-0.39, 0.29) is 5.82 Å². The lowest BCUT2D eigenvalue weighted by molar-refractivity contribution is 0.312. The molecule has 3 heterocycles. The van der Waals surface area contributed by atoms with Crippen LogP contribution in [0.1, 0.15) is 5.56 Å². The summed E-state index contributed by atoms with van der Waals surface area (Å²) in [6, 6.07) is 5.10. The van der Waals surface area contributed by atoms with Crippen LogP contribution in [-0.2, 0) is 0 Å². The van der Waals surface area contributed by atoms with E-state index in [0.29, 0.717) is 16.9 Å². The fraction of sp³-hybridized carbons (Fsp3) is 0.353. The van der Waals surface area contributed by atoms with Crippen LogP contribution in [0.5, 0.6) is 0 Å². The predicted molar refractivity (Wildman–Crippen MR) is 91.1 cm³/mol. The highest BCUT2D eigenvalue weighted by Crippen LogP contribution is 2.24. The predicted octanol–water partition coefficient (Wildman–Crippen LogP) is 2.01. The third kappa shape index (κ3) is 2.60. The molecule has 124 valence electrons. The van der Waals surface area contributed by atoms with Gasteiger partial charge in [-0.1, -0.05) is 6.07 Å². The lowest BCUT2D eigenvalue weighted by Gasteiger charge is -2.33. The molecule has 1 aliphatic rings. The minimum absolute atomic E-state index is 0.238. The number of nitrogens with zero attached hydrogens (tertiary/aromatic N) is 6. The molecule has 1 fully saturated rings. The van der Waals surface area contributed by atoms with E-state index in [0.717, 1.165) is 37.4 Å². The van der Waals surface area contributed by atoms with Crippen LogP contribution in [0.15, 0.2) is 30.7 Å². The highest BCUT2D eigenvalue weighted by atomic mass is 19.1. The fourth-order valence-corrected chi connectivity index (χ4v) is 2.95. The summed E-state index contributed by atoms with van der Waals surface area (Å²) >= 11 is 0. The van der Waals surface area contributed by atoms with Gasteiger partial charge >= 0.3 is 0 Å². The SMILES string of the molecule is Cc1ccc(-n2cc3c(N4CCN(C)CC4)ncnc3n2)cc1F. The van der Waals surface area contributed by atoms with Gasteiger partial charge in [0.05, 0.1) is 11.1 Å². The minimum atomic E-state index is -0.238. The summed E-state index contributed by atoms with van der Waals surface area (Å²) in [6.45, 7) is 5.60. The van der Waals surface area contributed by atoms with Gasteiger partial charge in [-0.15, -0.1) is 5.10 Å². The van der Waals surface area contributed by atoms with Crippen molar-refractivity contribution < 1.29 is 4.39 Å². The van der Waals surface area contributed by atoms with Crippen molar-refractivity contribution in [3.8, 4) is 5.69 Å². The number of piperazine rings is 1. The molecular weight excluding hydrogens is 307 g/mol. The second-order valence-electron chi connectivity index (χ2n) is 6.23. The van der Waals surface area contributed by atoms with Gasteiger partial charge in [0.25, 0.3) is 0 Å². The van der Waals surface area contributed by atoms with Crippen LogP contribution in [-0.4, -0.2) is 57.9 Å². The molecule has 0 aliphatic carbocycles. The van der Waals surface area contributed by atoms with Gasteiger partial charge in [0, 0.05) is 32.4 Å². The van der Waals surface area contributed by atoms with Crippen molar-refractivity contribution in [2.45, 2.75) is 6.92 Å². The van der Waals surface area contributed by atoms with Gasteiger partial charge in [-0.25, -0.2) is 19.0 Å². The monoisotopic (exact) mass is 326 g/mol. The molecule has 0 amide bonds. The molecule has 1 aliphatic heterocycles. The topological polar surface area (TPSA) is 50.1 Å². The van der Waals surface area contributed by atoms with Crippen LogP contribution in [0, 0.1) is 12.7 Å². The van der Waals surface area contributed by atoms with Crippen LogP contribution < -0.4 is 4.90 Å². The number of anilines is 1. The Morgan fingerprint density at radius 2 is 1.88 bits per heavy atom. The molecule has 0 N–H and O–H groups in total. The third-order valence-corrected chi connectivity index (χ3v) is 4.52. The molecule has 0 radical (unpaired) electrons. The van der Waals surface area contributed by atoms with E-state index in [9.17, 15) is 4.39 Å². The minimum Gasteiger partial charge on any atom is -0.353 e. The molecule has 2 aromatic heterocycles. The van der Waals surface area contributed by atoms with Gasteiger partial charge in [-0.05, 0) is 31.7 Å². The maximum absolute atomic E-state index is 13.8. The lowest BCUT2D eigenvalue weighted by atomic mass is 10.2. The van der Waals surface area contributed by atoms with E-state index in [1.165, 1.54) is 6.07 Å². The number of hydrogen-bond donors (Lipinski definition) is 0. The summed E-state index contributed by atoms with van der Waals surface area (Å²) in [7, 11) is 2.12. The summed E-state index contributed by atoms with van der Waals surface area (Å²) in [6.07, 6.45) is 3.43. The first-order valence-electron chi connectivity index (χ1n) is 8.02. The molecular formula is C17H19FN6. The van der Waals surface area contributed by atoms with Crippen LogP contribution in [0.2, 0.25) is 0 Å². The number of rotatable bonds is 2. The van der Waals surface area contributed by atoms with E-state index < -0.39 is 0 Å². The van der Waals surface area contributed by atoms with Gasteiger partial charge in [-0.2, -0.15) is 0 Å². The first-order valence-corrected chi connectivity index (χ1v) is 8.02. The molecule has 4 rings (SSSR count). The Kier molecular flexibility index (Phi) is 3.65. The van der Waals surface area contributed by atoms with Crippen molar-refractivity contribution in [1.29, 1.82) is 0 Å². The lowest BCUT2D eigenvalue weighted by Crippen LogP contribution is -2.44. The van der Waals surface area contributed by atoms with Crippen LogP contribution in [0.3, 0.4) is 0 Å². The van der Waals surface area contributed by atoms with Gasteiger partial charge in [0.1, 0.15) is 18.0 Å². The molecule has 0 bridgehead atoms. The fourth-order valence-electron chi connectivity index (χ4n) is 2.95. The van der Waals surface area contributed by atoms with Crippen molar-refractivity contribution in [2.24, 2.45) is 0 Å². The Hall–Kier alpha value is -2.54. The highest BCUT2D eigenvalue weighted by molar-refractivity contribution is 5.86. The van der Waals surface area contributed by atoms with Crippen molar-refractivity contribution in [1.82, 2.24) is 24.6 Å². The van der Waals surface area contributed by atoms with E-state index in [2.05, 4.69) is 31.9 Å². The summed E-state index contributed by atoms with van der Waals surface area (Å²) in [5, 5.41) is 5.38. The molecule has 0 unspecified atom stereocenters. The average molecular weight is 326 g/mol. The van der Waals surface area contributed by atoms with Crippen molar-refractivity contribution in [3.05, 3.63) is 42.1 Å². The molecule has 0 saturated carbocycles. The number of hydrogen-bond acceptors (Lipinski definition) is 5. The average Bonchev–Trinajstić information content (AvgIpc) is 3.02.